The molecule has 0 unspecified atom stereocenters. The zero-order valence-corrected chi connectivity index (χ0v) is 15.8. The fraction of sp³-hybridized carbons (Fsp3) is 0.118. The molecular weight excluding hydrogens is 372 g/mol. The van der Waals surface area contributed by atoms with Gasteiger partial charge in [0.1, 0.15) is 5.82 Å². The summed E-state index contributed by atoms with van der Waals surface area (Å²) in [7, 11) is 0. The predicted molar refractivity (Wildman–Crippen MR) is 104 cm³/mol. The third-order valence-electron chi connectivity index (χ3n) is 3.46. The number of carbonyl (C=O) groups is 1. The highest BCUT2D eigenvalue weighted by Gasteiger charge is 2.15. The Hall–Kier alpha value is -2.29. The molecule has 4 heterocycles. The third kappa shape index (κ3) is 3.55. The Kier molecular flexibility index (Phi) is 4.48. The first-order chi connectivity index (χ1) is 12.2. The van der Waals surface area contributed by atoms with Crippen LogP contribution in [-0.4, -0.2) is 20.7 Å². The van der Waals surface area contributed by atoms with E-state index in [1.165, 1.54) is 11.3 Å². The number of carbonyl (C=O) groups excluding carboxylic acids is 1. The number of thiophene rings is 2. The summed E-state index contributed by atoms with van der Waals surface area (Å²) in [5.74, 6) is 0.588. The number of amides is 1. The van der Waals surface area contributed by atoms with E-state index in [4.69, 9.17) is 0 Å². The summed E-state index contributed by atoms with van der Waals surface area (Å²) in [6.07, 6.45) is 0.361. The van der Waals surface area contributed by atoms with Crippen LogP contribution in [0.4, 0.5) is 5.82 Å². The minimum atomic E-state index is -0.0568. The van der Waals surface area contributed by atoms with Gasteiger partial charge in [-0.25, -0.2) is 4.98 Å². The van der Waals surface area contributed by atoms with Gasteiger partial charge in [0.2, 0.25) is 11.0 Å². The standard InChI is InChI=1S/C17H14N4OS3/c1-11-8-15(19-16(22)9-12-4-2-6-23-12)21(20-11)17-18-13(10-25-17)14-5-3-7-24-14/h2-8,10H,9H2,1H3,(H,19,22). The Morgan fingerprint density at radius 3 is 2.80 bits per heavy atom. The van der Waals surface area contributed by atoms with E-state index in [0.717, 1.165) is 26.3 Å². The molecular formula is C17H14N4OS3. The lowest BCUT2D eigenvalue weighted by atomic mass is 10.3. The number of anilines is 1. The summed E-state index contributed by atoms with van der Waals surface area (Å²) >= 11 is 4.74. The molecule has 0 radical (unpaired) electrons. The molecule has 1 N–H and O–H groups in total. The first-order valence-electron chi connectivity index (χ1n) is 7.58. The highest BCUT2D eigenvalue weighted by atomic mass is 32.1. The maximum absolute atomic E-state index is 12.3. The monoisotopic (exact) mass is 386 g/mol. The van der Waals surface area contributed by atoms with Crippen LogP contribution < -0.4 is 5.32 Å². The number of hydrogen-bond donors (Lipinski definition) is 1. The molecule has 5 nitrogen and oxygen atoms in total. The second-order valence-electron chi connectivity index (χ2n) is 5.38. The van der Waals surface area contributed by atoms with Crippen molar-refractivity contribution in [1.82, 2.24) is 14.8 Å². The minimum absolute atomic E-state index is 0.0568. The van der Waals surface area contributed by atoms with Crippen LogP contribution in [0.15, 0.2) is 46.5 Å². The van der Waals surface area contributed by atoms with Gasteiger partial charge in [-0.2, -0.15) is 9.78 Å². The molecule has 0 aliphatic heterocycles. The molecule has 126 valence electrons. The van der Waals surface area contributed by atoms with E-state index in [0.29, 0.717) is 12.2 Å². The Morgan fingerprint density at radius 2 is 2.04 bits per heavy atom. The lowest BCUT2D eigenvalue weighted by Gasteiger charge is -2.05. The number of nitrogens with zero attached hydrogens (tertiary/aromatic N) is 3. The van der Waals surface area contributed by atoms with Crippen molar-refractivity contribution in [3.8, 4) is 15.7 Å². The topological polar surface area (TPSA) is 59.8 Å². The lowest BCUT2D eigenvalue weighted by molar-refractivity contribution is -0.115. The molecule has 0 fully saturated rings. The van der Waals surface area contributed by atoms with Gasteiger partial charge in [0.25, 0.3) is 0 Å². The van der Waals surface area contributed by atoms with Crippen LogP contribution in [0.25, 0.3) is 15.7 Å². The molecule has 25 heavy (non-hydrogen) atoms. The summed E-state index contributed by atoms with van der Waals surface area (Å²) in [5, 5.41) is 14.2. The number of aromatic nitrogens is 3. The molecule has 4 aromatic heterocycles. The molecule has 0 aliphatic rings. The van der Waals surface area contributed by atoms with Gasteiger partial charge in [0.05, 0.1) is 22.7 Å². The van der Waals surface area contributed by atoms with Gasteiger partial charge in [-0.15, -0.1) is 34.0 Å². The van der Waals surface area contributed by atoms with Gasteiger partial charge in [0, 0.05) is 16.3 Å². The molecule has 0 bridgehead atoms. The van der Waals surface area contributed by atoms with Crippen molar-refractivity contribution in [2.24, 2.45) is 0 Å². The highest BCUT2D eigenvalue weighted by Crippen LogP contribution is 2.29. The molecule has 4 aromatic rings. The highest BCUT2D eigenvalue weighted by molar-refractivity contribution is 7.15. The predicted octanol–water partition coefficient (Wildman–Crippen LogP) is 4.61. The van der Waals surface area contributed by atoms with E-state index < -0.39 is 0 Å². The molecule has 0 saturated carbocycles. The van der Waals surface area contributed by atoms with Crippen LogP contribution in [0.1, 0.15) is 10.6 Å². The average Bonchev–Trinajstić information content (AvgIpc) is 3.35. The van der Waals surface area contributed by atoms with Crippen molar-refractivity contribution in [3.63, 3.8) is 0 Å². The van der Waals surface area contributed by atoms with E-state index in [9.17, 15) is 4.79 Å². The van der Waals surface area contributed by atoms with Crippen molar-refractivity contribution in [3.05, 3.63) is 57.0 Å². The summed E-state index contributed by atoms with van der Waals surface area (Å²) in [4.78, 5) is 19.1. The van der Waals surface area contributed by atoms with Gasteiger partial charge < -0.3 is 5.32 Å². The van der Waals surface area contributed by atoms with Crippen LogP contribution in [0.2, 0.25) is 0 Å². The van der Waals surface area contributed by atoms with E-state index >= 15 is 0 Å². The maximum atomic E-state index is 12.3. The smallest absolute Gasteiger partial charge is 0.230 e. The van der Waals surface area contributed by atoms with Gasteiger partial charge in [-0.1, -0.05) is 12.1 Å². The Labute approximate surface area is 156 Å². The maximum Gasteiger partial charge on any atom is 0.230 e. The number of aryl methyl sites for hydroxylation is 1. The number of thiazole rings is 1. The summed E-state index contributed by atoms with van der Waals surface area (Å²) in [5.41, 5.74) is 1.76. The summed E-state index contributed by atoms with van der Waals surface area (Å²) < 4.78 is 1.70. The van der Waals surface area contributed by atoms with Crippen molar-refractivity contribution < 1.29 is 4.79 Å². The van der Waals surface area contributed by atoms with Crippen molar-refractivity contribution in [1.29, 1.82) is 0 Å². The Morgan fingerprint density at radius 1 is 1.20 bits per heavy atom. The van der Waals surface area contributed by atoms with Crippen LogP contribution in [-0.2, 0) is 11.2 Å². The van der Waals surface area contributed by atoms with Crippen LogP contribution >= 0.6 is 34.0 Å². The van der Waals surface area contributed by atoms with E-state index in [1.54, 1.807) is 27.4 Å². The zero-order valence-electron chi connectivity index (χ0n) is 13.3. The molecule has 0 atom stereocenters. The minimum Gasteiger partial charge on any atom is -0.310 e. The van der Waals surface area contributed by atoms with E-state index in [2.05, 4.69) is 15.4 Å². The van der Waals surface area contributed by atoms with E-state index in [-0.39, 0.29) is 5.91 Å². The fourth-order valence-corrected chi connectivity index (χ4v) is 4.64. The Balaban J connectivity index is 1.57. The number of nitrogens with one attached hydrogen (secondary N) is 1. The molecule has 4 rings (SSSR count). The largest absolute Gasteiger partial charge is 0.310 e. The quantitative estimate of drug-likeness (QED) is 0.545. The number of hydrogen-bond acceptors (Lipinski definition) is 6. The molecule has 1 amide bonds. The zero-order chi connectivity index (χ0) is 17.2. The van der Waals surface area contributed by atoms with Gasteiger partial charge in [-0.3, -0.25) is 4.79 Å². The van der Waals surface area contributed by atoms with Crippen molar-refractivity contribution >= 4 is 45.7 Å². The van der Waals surface area contributed by atoms with E-state index in [1.807, 2.05) is 53.4 Å². The normalized spacial score (nSPS) is 10.9. The first-order valence-corrected chi connectivity index (χ1v) is 10.2. The average molecular weight is 387 g/mol. The van der Waals surface area contributed by atoms with Gasteiger partial charge in [0.15, 0.2) is 0 Å². The first kappa shape index (κ1) is 16.2. The number of rotatable bonds is 5. The fourth-order valence-electron chi connectivity index (χ4n) is 2.39. The summed E-state index contributed by atoms with van der Waals surface area (Å²) in [6, 6.07) is 9.82. The van der Waals surface area contributed by atoms with Crippen molar-refractivity contribution in [2.45, 2.75) is 13.3 Å². The third-order valence-corrected chi connectivity index (χ3v) is 6.05. The van der Waals surface area contributed by atoms with Crippen LogP contribution in [0.5, 0.6) is 0 Å². The van der Waals surface area contributed by atoms with Crippen LogP contribution in [0, 0.1) is 6.92 Å². The molecule has 0 saturated heterocycles. The van der Waals surface area contributed by atoms with Crippen LogP contribution in [0.3, 0.4) is 0 Å². The molecule has 0 aliphatic carbocycles. The molecule has 0 aromatic carbocycles. The molecule has 0 spiro atoms. The lowest BCUT2D eigenvalue weighted by Crippen LogP contribution is -2.16. The molecule has 8 heteroatoms. The van der Waals surface area contributed by atoms with Gasteiger partial charge >= 0.3 is 0 Å². The second-order valence-corrected chi connectivity index (χ2v) is 8.20. The Bertz CT molecular complexity index is 983. The van der Waals surface area contributed by atoms with Crippen molar-refractivity contribution in [2.75, 3.05) is 5.32 Å². The van der Waals surface area contributed by atoms with Gasteiger partial charge in [-0.05, 0) is 29.8 Å². The SMILES string of the molecule is Cc1cc(NC(=O)Cc2cccs2)n(-c2nc(-c3cccs3)cs2)n1. The second kappa shape index (κ2) is 6.91. The summed E-state index contributed by atoms with van der Waals surface area (Å²) in [6.45, 7) is 1.90.